The Morgan fingerprint density at radius 3 is 3.06 bits per heavy atom. The molecule has 0 saturated heterocycles. The molecule has 3 heteroatoms. The van der Waals surface area contributed by atoms with Gasteiger partial charge in [-0.25, -0.2) is 0 Å². The van der Waals surface area contributed by atoms with Crippen molar-refractivity contribution in [3.05, 3.63) is 23.8 Å². The number of nitriles is 1. The number of nitrogen functional groups attached to an aromatic ring is 1. The summed E-state index contributed by atoms with van der Waals surface area (Å²) in [6.07, 6.45) is 3.86. The minimum Gasteiger partial charge on any atom is -0.399 e. The molecule has 0 unspecified atom stereocenters. The van der Waals surface area contributed by atoms with E-state index < -0.39 is 0 Å². The third kappa shape index (κ3) is 2.27. The number of unbranched alkanes of at least 4 members (excludes halogenated alkanes) is 2. The van der Waals surface area contributed by atoms with Crippen molar-refractivity contribution in [2.45, 2.75) is 25.7 Å². The maximum atomic E-state index is 8.47. The molecule has 1 heterocycles. The molecule has 0 aliphatic carbocycles. The topological polar surface area (TPSA) is 53.0 Å². The van der Waals surface area contributed by atoms with E-state index in [1.54, 1.807) is 0 Å². The van der Waals surface area contributed by atoms with Crippen LogP contribution in [0.3, 0.4) is 0 Å². The van der Waals surface area contributed by atoms with E-state index in [1.165, 1.54) is 11.3 Å². The fourth-order valence-corrected chi connectivity index (χ4v) is 2.20. The lowest BCUT2D eigenvalue weighted by molar-refractivity contribution is 0.711. The number of nitrogens with zero attached hydrogens (tertiary/aromatic N) is 2. The predicted molar refractivity (Wildman–Crippen MR) is 66.2 cm³/mol. The highest BCUT2D eigenvalue weighted by Gasteiger charge is 2.18. The van der Waals surface area contributed by atoms with Crippen molar-refractivity contribution in [1.82, 2.24) is 0 Å². The molecule has 2 rings (SSSR count). The smallest absolute Gasteiger partial charge is 0.0621 e. The van der Waals surface area contributed by atoms with Crippen molar-refractivity contribution in [2.24, 2.45) is 0 Å². The van der Waals surface area contributed by atoms with Crippen LogP contribution in [0, 0.1) is 11.3 Å². The lowest BCUT2D eigenvalue weighted by Gasteiger charge is -2.19. The van der Waals surface area contributed by atoms with Crippen LogP contribution in [0.2, 0.25) is 0 Å². The molecule has 84 valence electrons. The lowest BCUT2D eigenvalue weighted by Crippen LogP contribution is -2.21. The molecule has 0 radical (unpaired) electrons. The number of anilines is 2. The van der Waals surface area contributed by atoms with Gasteiger partial charge in [-0.15, -0.1) is 0 Å². The summed E-state index contributed by atoms with van der Waals surface area (Å²) < 4.78 is 0. The minimum absolute atomic E-state index is 0.664. The Labute approximate surface area is 96.5 Å². The fourth-order valence-electron chi connectivity index (χ4n) is 2.20. The minimum atomic E-state index is 0.664. The van der Waals surface area contributed by atoms with E-state index in [4.69, 9.17) is 11.0 Å². The second kappa shape index (κ2) is 4.89. The molecule has 0 amide bonds. The normalized spacial score (nSPS) is 13.6. The summed E-state index contributed by atoms with van der Waals surface area (Å²) in [5.74, 6) is 0. The maximum absolute atomic E-state index is 8.47. The van der Waals surface area contributed by atoms with Gasteiger partial charge in [-0.05, 0) is 37.0 Å². The zero-order valence-corrected chi connectivity index (χ0v) is 9.45. The molecule has 0 atom stereocenters. The van der Waals surface area contributed by atoms with E-state index in [9.17, 15) is 0 Å². The number of fused-ring (bicyclic) bond motifs is 1. The van der Waals surface area contributed by atoms with E-state index in [0.29, 0.717) is 6.42 Å². The second-order valence-electron chi connectivity index (χ2n) is 4.24. The first-order valence-corrected chi connectivity index (χ1v) is 5.81. The SMILES string of the molecule is N#CCCCCN1CCc2ccc(N)cc21. The Bertz CT molecular complexity index is 406. The summed E-state index contributed by atoms with van der Waals surface area (Å²) in [4.78, 5) is 2.38. The van der Waals surface area contributed by atoms with Gasteiger partial charge in [0.2, 0.25) is 0 Å². The molecule has 0 aromatic heterocycles. The van der Waals surface area contributed by atoms with Crippen molar-refractivity contribution >= 4 is 11.4 Å². The van der Waals surface area contributed by atoms with Crippen LogP contribution in [0.1, 0.15) is 24.8 Å². The van der Waals surface area contributed by atoms with Crippen LogP contribution in [0.5, 0.6) is 0 Å². The molecule has 3 nitrogen and oxygen atoms in total. The van der Waals surface area contributed by atoms with Gasteiger partial charge in [0, 0.05) is 30.9 Å². The molecule has 0 fully saturated rings. The first-order valence-electron chi connectivity index (χ1n) is 5.81. The Morgan fingerprint density at radius 2 is 2.25 bits per heavy atom. The average molecular weight is 215 g/mol. The van der Waals surface area contributed by atoms with E-state index >= 15 is 0 Å². The summed E-state index contributed by atoms with van der Waals surface area (Å²) in [5.41, 5.74) is 9.32. The van der Waals surface area contributed by atoms with Crippen molar-refractivity contribution in [1.29, 1.82) is 5.26 Å². The van der Waals surface area contributed by atoms with Crippen LogP contribution in [0.4, 0.5) is 11.4 Å². The van der Waals surface area contributed by atoms with Gasteiger partial charge >= 0.3 is 0 Å². The predicted octanol–water partition coefficient (Wildman–Crippen LogP) is 2.33. The largest absolute Gasteiger partial charge is 0.399 e. The lowest BCUT2D eigenvalue weighted by atomic mass is 10.1. The monoisotopic (exact) mass is 215 g/mol. The summed E-state index contributed by atoms with van der Waals surface area (Å²) in [7, 11) is 0. The zero-order chi connectivity index (χ0) is 11.4. The highest BCUT2D eigenvalue weighted by atomic mass is 15.1. The molecular formula is C13H17N3. The van der Waals surface area contributed by atoms with Gasteiger partial charge in [0.1, 0.15) is 0 Å². The molecule has 0 bridgehead atoms. The Morgan fingerprint density at radius 1 is 1.38 bits per heavy atom. The molecule has 1 aliphatic heterocycles. The molecule has 0 saturated carbocycles. The molecule has 1 aliphatic rings. The van der Waals surface area contributed by atoms with Crippen molar-refractivity contribution in [3.8, 4) is 6.07 Å². The summed E-state index contributed by atoms with van der Waals surface area (Å²) >= 11 is 0. The van der Waals surface area contributed by atoms with Crippen LogP contribution < -0.4 is 10.6 Å². The quantitative estimate of drug-likeness (QED) is 0.619. The number of nitrogens with two attached hydrogens (primary N) is 1. The first kappa shape index (κ1) is 10.8. The number of hydrogen-bond acceptors (Lipinski definition) is 3. The van der Waals surface area contributed by atoms with Crippen LogP contribution in [-0.4, -0.2) is 13.1 Å². The van der Waals surface area contributed by atoms with Crippen LogP contribution in [0.15, 0.2) is 18.2 Å². The average Bonchev–Trinajstić information content (AvgIpc) is 2.67. The Hall–Kier alpha value is -1.69. The third-order valence-electron chi connectivity index (χ3n) is 3.07. The van der Waals surface area contributed by atoms with Crippen molar-refractivity contribution in [2.75, 3.05) is 23.7 Å². The molecule has 1 aromatic carbocycles. The standard InChI is InChI=1S/C13H17N3/c14-7-2-1-3-8-16-9-6-11-4-5-12(15)10-13(11)16/h4-5,10H,1-3,6,8-9,15H2. The molecule has 2 N–H and O–H groups in total. The zero-order valence-electron chi connectivity index (χ0n) is 9.45. The van der Waals surface area contributed by atoms with Gasteiger partial charge in [0.15, 0.2) is 0 Å². The van der Waals surface area contributed by atoms with Gasteiger partial charge in [0.25, 0.3) is 0 Å². The van der Waals surface area contributed by atoms with Gasteiger partial charge < -0.3 is 10.6 Å². The van der Waals surface area contributed by atoms with Crippen molar-refractivity contribution in [3.63, 3.8) is 0 Å². The number of hydrogen-bond donors (Lipinski definition) is 1. The summed E-state index contributed by atoms with van der Waals surface area (Å²) in [6.45, 7) is 2.13. The van der Waals surface area contributed by atoms with E-state index in [1.807, 2.05) is 6.07 Å². The molecular weight excluding hydrogens is 198 g/mol. The first-order chi connectivity index (χ1) is 7.81. The number of benzene rings is 1. The number of rotatable bonds is 4. The highest BCUT2D eigenvalue weighted by molar-refractivity contribution is 5.64. The van der Waals surface area contributed by atoms with Crippen LogP contribution in [-0.2, 0) is 6.42 Å². The molecule has 16 heavy (non-hydrogen) atoms. The highest BCUT2D eigenvalue weighted by Crippen LogP contribution is 2.29. The summed E-state index contributed by atoms with van der Waals surface area (Å²) in [6, 6.07) is 8.34. The van der Waals surface area contributed by atoms with Gasteiger partial charge in [0.05, 0.1) is 6.07 Å². The second-order valence-corrected chi connectivity index (χ2v) is 4.24. The molecule has 0 spiro atoms. The van der Waals surface area contributed by atoms with E-state index in [-0.39, 0.29) is 0 Å². The third-order valence-corrected chi connectivity index (χ3v) is 3.07. The molecule has 1 aromatic rings. The Balaban J connectivity index is 1.95. The Kier molecular flexibility index (Phi) is 3.31. The fraction of sp³-hybridized carbons (Fsp3) is 0.462. The van der Waals surface area contributed by atoms with Crippen LogP contribution >= 0.6 is 0 Å². The van der Waals surface area contributed by atoms with E-state index in [0.717, 1.165) is 38.0 Å². The summed E-state index contributed by atoms with van der Waals surface area (Å²) in [5, 5.41) is 8.47. The maximum Gasteiger partial charge on any atom is 0.0621 e. The van der Waals surface area contributed by atoms with Gasteiger partial charge in [-0.3, -0.25) is 0 Å². The van der Waals surface area contributed by atoms with E-state index in [2.05, 4.69) is 23.1 Å². The van der Waals surface area contributed by atoms with Crippen LogP contribution in [0.25, 0.3) is 0 Å². The van der Waals surface area contributed by atoms with Crippen molar-refractivity contribution < 1.29 is 0 Å². The van der Waals surface area contributed by atoms with Gasteiger partial charge in [-0.1, -0.05) is 6.07 Å². The van der Waals surface area contributed by atoms with Gasteiger partial charge in [-0.2, -0.15) is 5.26 Å².